The van der Waals surface area contributed by atoms with Crippen LogP contribution in [0.2, 0.25) is 0 Å². The lowest BCUT2D eigenvalue weighted by Gasteiger charge is -2.35. The summed E-state index contributed by atoms with van der Waals surface area (Å²) in [5.41, 5.74) is 0.471. The van der Waals surface area contributed by atoms with E-state index in [1.54, 1.807) is 6.07 Å². The molecule has 1 N–H and O–H groups in total. The molecule has 1 atom stereocenters. The van der Waals surface area contributed by atoms with Gasteiger partial charge in [0.2, 0.25) is 0 Å². The number of carbonyl (C=O) groups excluding carboxylic acids is 1. The number of hydrogen-bond acceptors (Lipinski definition) is 6. The van der Waals surface area contributed by atoms with Crippen molar-refractivity contribution in [3.63, 3.8) is 0 Å². The molecule has 0 radical (unpaired) electrons. The number of pyridine rings is 1. The standard InChI is InChI=1S/C25H28F3N5O3/c1-15-14-35-24(36-15)9-7-17(8-10-24)33-13-16-11-20(21(32(2)3)12-19(16)31-33)30-23(34)18-5-4-6-22(29-18)25(26,27)28/h4-6,11-13,15,17H,7-10,14H2,1-3H3,(H,30,34)/t15-,17?,24?/m1/s1. The lowest BCUT2D eigenvalue weighted by atomic mass is 9.90. The zero-order valence-corrected chi connectivity index (χ0v) is 20.3. The summed E-state index contributed by atoms with van der Waals surface area (Å²) in [6, 6.07) is 7.10. The van der Waals surface area contributed by atoms with E-state index in [9.17, 15) is 18.0 Å². The predicted molar refractivity (Wildman–Crippen MR) is 128 cm³/mol. The largest absolute Gasteiger partial charge is 0.433 e. The van der Waals surface area contributed by atoms with Crippen LogP contribution in [0, 0.1) is 0 Å². The highest BCUT2D eigenvalue weighted by Crippen LogP contribution is 2.42. The normalized spacial score (nSPS) is 24.4. The monoisotopic (exact) mass is 503 g/mol. The number of fused-ring (bicyclic) bond motifs is 1. The van der Waals surface area contributed by atoms with E-state index in [1.165, 1.54) is 12.1 Å². The Labute approximate surface area is 206 Å². The molecule has 1 amide bonds. The van der Waals surface area contributed by atoms with Crippen molar-refractivity contribution >= 4 is 28.2 Å². The van der Waals surface area contributed by atoms with Gasteiger partial charge in [-0.2, -0.15) is 18.3 Å². The van der Waals surface area contributed by atoms with Gasteiger partial charge in [0.15, 0.2) is 5.79 Å². The molecule has 0 bridgehead atoms. The van der Waals surface area contributed by atoms with Gasteiger partial charge in [-0.05, 0) is 44.0 Å². The Morgan fingerprint density at radius 1 is 1.22 bits per heavy atom. The van der Waals surface area contributed by atoms with E-state index in [2.05, 4.69) is 10.3 Å². The molecule has 1 spiro atoms. The number of aromatic nitrogens is 3. The van der Waals surface area contributed by atoms with E-state index >= 15 is 0 Å². The second kappa shape index (κ2) is 9.04. The van der Waals surface area contributed by atoms with E-state index < -0.39 is 23.6 Å². The fourth-order valence-electron chi connectivity index (χ4n) is 4.92. The Hall–Kier alpha value is -3.18. The fourth-order valence-corrected chi connectivity index (χ4v) is 4.92. The van der Waals surface area contributed by atoms with Crippen LogP contribution in [-0.4, -0.2) is 53.3 Å². The van der Waals surface area contributed by atoms with Crippen molar-refractivity contribution in [1.29, 1.82) is 0 Å². The van der Waals surface area contributed by atoms with Crippen molar-refractivity contribution in [3.8, 4) is 0 Å². The van der Waals surface area contributed by atoms with E-state index in [1.807, 2.05) is 42.9 Å². The highest BCUT2D eigenvalue weighted by Gasteiger charge is 2.43. The number of nitrogens with zero attached hydrogens (tertiary/aromatic N) is 4. The van der Waals surface area contributed by atoms with E-state index in [4.69, 9.17) is 14.6 Å². The number of hydrogen-bond donors (Lipinski definition) is 1. The van der Waals surface area contributed by atoms with Crippen molar-refractivity contribution in [2.75, 3.05) is 30.9 Å². The number of ether oxygens (including phenoxy) is 2. The number of halogens is 3. The van der Waals surface area contributed by atoms with E-state index in [0.29, 0.717) is 18.0 Å². The average molecular weight is 504 g/mol. The first kappa shape index (κ1) is 24.5. The lowest BCUT2D eigenvalue weighted by Crippen LogP contribution is -2.36. The number of rotatable bonds is 4. The molecule has 2 fully saturated rings. The molecule has 5 rings (SSSR count). The molecule has 1 aromatic carbocycles. The highest BCUT2D eigenvalue weighted by atomic mass is 19.4. The summed E-state index contributed by atoms with van der Waals surface area (Å²) in [7, 11) is 3.64. The molecular formula is C25H28F3N5O3. The van der Waals surface area contributed by atoms with E-state index in [-0.39, 0.29) is 17.8 Å². The third-order valence-electron chi connectivity index (χ3n) is 6.73. The van der Waals surface area contributed by atoms with Crippen molar-refractivity contribution in [2.45, 2.75) is 56.7 Å². The molecule has 192 valence electrons. The maximum absolute atomic E-state index is 13.0. The molecule has 0 unspecified atom stereocenters. The van der Waals surface area contributed by atoms with E-state index in [0.717, 1.165) is 42.7 Å². The second-order valence-corrected chi connectivity index (χ2v) is 9.67. The lowest BCUT2D eigenvalue weighted by molar-refractivity contribution is -0.190. The molecule has 2 aliphatic rings. The van der Waals surface area contributed by atoms with Gasteiger partial charge >= 0.3 is 6.18 Å². The maximum Gasteiger partial charge on any atom is 0.433 e. The Morgan fingerprint density at radius 3 is 2.61 bits per heavy atom. The number of benzene rings is 1. The summed E-state index contributed by atoms with van der Waals surface area (Å²) in [5, 5.41) is 8.32. The molecule has 3 heterocycles. The Bertz CT molecular complexity index is 1280. The minimum Gasteiger partial charge on any atom is -0.376 e. The molecule has 1 saturated heterocycles. The van der Waals surface area contributed by atoms with Gasteiger partial charge < -0.3 is 19.7 Å². The quantitative estimate of drug-likeness (QED) is 0.539. The zero-order chi connectivity index (χ0) is 25.7. The number of alkyl halides is 3. The van der Waals surface area contributed by atoms with Crippen molar-refractivity contribution < 1.29 is 27.4 Å². The summed E-state index contributed by atoms with van der Waals surface area (Å²) in [6.45, 7) is 2.64. The molecule has 36 heavy (non-hydrogen) atoms. The molecule has 1 aliphatic carbocycles. The summed E-state index contributed by atoms with van der Waals surface area (Å²) in [4.78, 5) is 18.1. The maximum atomic E-state index is 13.0. The van der Waals surface area contributed by atoms with Crippen LogP contribution < -0.4 is 10.2 Å². The smallest absolute Gasteiger partial charge is 0.376 e. The van der Waals surface area contributed by atoms with Crippen LogP contribution in [0.5, 0.6) is 0 Å². The van der Waals surface area contributed by atoms with Crippen LogP contribution in [-0.2, 0) is 15.7 Å². The number of anilines is 2. The van der Waals surface area contributed by atoms with Crippen LogP contribution >= 0.6 is 0 Å². The third kappa shape index (κ3) is 4.77. The SMILES string of the molecule is C[C@@H]1COC2(CCC(n3cc4cc(NC(=O)c5cccc(C(F)(F)F)n5)c(N(C)C)cc4n3)CC2)O1. The summed E-state index contributed by atoms with van der Waals surface area (Å²) >= 11 is 0. The Balaban J connectivity index is 1.38. The zero-order valence-electron chi connectivity index (χ0n) is 20.3. The first-order valence-corrected chi connectivity index (χ1v) is 11.9. The number of nitrogens with one attached hydrogen (secondary N) is 1. The predicted octanol–water partition coefficient (Wildman–Crippen LogP) is 5.02. The summed E-state index contributed by atoms with van der Waals surface area (Å²) in [6.07, 6.45) is 0.745. The topological polar surface area (TPSA) is 81.5 Å². The van der Waals surface area contributed by atoms with Crippen LogP contribution in [0.1, 0.15) is 54.8 Å². The van der Waals surface area contributed by atoms with Gasteiger partial charge in [0.25, 0.3) is 5.91 Å². The third-order valence-corrected chi connectivity index (χ3v) is 6.73. The minimum absolute atomic E-state index is 0.109. The van der Waals surface area contributed by atoms with Crippen LogP contribution in [0.15, 0.2) is 36.5 Å². The van der Waals surface area contributed by atoms with Crippen molar-refractivity contribution in [2.24, 2.45) is 0 Å². The minimum atomic E-state index is -4.63. The van der Waals surface area contributed by atoms with Gasteiger partial charge in [-0.1, -0.05) is 6.07 Å². The first-order chi connectivity index (χ1) is 17.0. The van der Waals surface area contributed by atoms with Gasteiger partial charge in [-0.25, -0.2) is 4.98 Å². The van der Waals surface area contributed by atoms with Gasteiger partial charge in [0.05, 0.1) is 35.6 Å². The van der Waals surface area contributed by atoms with Crippen molar-refractivity contribution in [1.82, 2.24) is 14.8 Å². The molecule has 11 heteroatoms. The molecule has 3 aromatic rings. The number of carbonyl (C=O) groups is 1. The second-order valence-electron chi connectivity index (χ2n) is 9.67. The molecule has 8 nitrogen and oxygen atoms in total. The van der Waals surface area contributed by atoms with Gasteiger partial charge in [-0.3, -0.25) is 9.48 Å². The molecular weight excluding hydrogens is 475 g/mol. The summed E-state index contributed by atoms with van der Waals surface area (Å²) < 4.78 is 53.0. The molecule has 1 saturated carbocycles. The Morgan fingerprint density at radius 2 is 1.97 bits per heavy atom. The van der Waals surface area contributed by atoms with Crippen LogP contribution in [0.4, 0.5) is 24.5 Å². The van der Waals surface area contributed by atoms with Crippen molar-refractivity contribution in [3.05, 3.63) is 47.9 Å². The summed E-state index contributed by atoms with van der Waals surface area (Å²) in [5.74, 6) is -1.20. The molecule has 1 aliphatic heterocycles. The van der Waals surface area contributed by atoms with Crippen LogP contribution in [0.25, 0.3) is 10.9 Å². The van der Waals surface area contributed by atoms with Gasteiger partial charge in [0, 0.05) is 38.5 Å². The average Bonchev–Trinajstić information content (AvgIpc) is 3.41. The first-order valence-electron chi connectivity index (χ1n) is 11.9. The Kier molecular flexibility index (Phi) is 6.16. The van der Waals surface area contributed by atoms with Gasteiger partial charge in [0.1, 0.15) is 11.4 Å². The number of amides is 1. The molecule has 2 aromatic heterocycles. The fraction of sp³-hybridized carbons (Fsp3) is 0.480. The van der Waals surface area contributed by atoms with Crippen LogP contribution in [0.3, 0.4) is 0 Å². The van der Waals surface area contributed by atoms with Gasteiger partial charge in [-0.15, -0.1) is 0 Å². The highest BCUT2D eigenvalue weighted by molar-refractivity contribution is 6.06.